The van der Waals surface area contributed by atoms with E-state index in [0.29, 0.717) is 0 Å². The molecule has 0 atom stereocenters. The van der Waals surface area contributed by atoms with Crippen LogP contribution in [0.15, 0.2) is 30.8 Å². The van der Waals surface area contributed by atoms with Crippen LogP contribution in [0.5, 0.6) is 0 Å². The van der Waals surface area contributed by atoms with E-state index in [9.17, 15) is 0 Å². The van der Waals surface area contributed by atoms with Gasteiger partial charge in [-0.25, -0.2) is 0 Å². The number of anilines is 1. The van der Waals surface area contributed by atoms with Gasteiger partial charge < -0.3 is 15.1 Å². The van der Waals surface area contributed by atoms with E-state index in [4.69, 9.17) is 0 Å². The van der Waals surface area contributed by atoms with Crippen LogP contribution in [0.1, 0.15) is 19.4 Å². The fourth-order valence-electron chi connectivity index (χ4n) is 2.08. The van der Waals surface area contributed by atoms with Crippen LogP contribution in [0, 0.1) is 0 Å². The first kappa shape index (κ1) is 15.6. The highest BCUT2D eigenvalue weighted by Gasteiger charge is 2.13. The molecular weight excluding hydrogens is 234 g/mol. The Hall–Kier alpha value is -1.48. The zero-order valence-electron chi connectivity index (χ0n) is 12.7. The molecule has 1 heterocycles. The number of nitrogens with one attached hydrogen (secondary N) is 1. The molecule has 0 aromatic heterocycles. The first-order valence-corrected chi connectivity index (χ1v) is 7.11. The van der Waals surface area contributed by atoms with E-state index in [1.807, 2.05) is 20.9 Å². The van der Waals surface area contributed by atoms with Crippen molar-refractivity contribution >= 4 is 11.4 Å². The summed E-state index contributed by atoms with van der Waals surface area (Å²) in [5, 5.41) is 3.07. The van der Waals surface area contributed by atoms with Crippen LogP contribution in [0.4, 0.5) is 5.69 Å². The molecule has 1 N–H and O–H groups in total. The summed E-state index contributed by atoms with van der Waals surface area (Å²) >= 11 is 0. The highest BCUT2D eigenvalue weighted by Crippen LogP contribution is 2.19. The number of likely N-dealkylation sites (N-methyl/N-ethyl adjacent to an activating group) is 1. The van der Waals surface area contributed by atoms with Gasteiger partial charge in [-0.1, -0.05) is 32.6 Å². The Morgan fingerprint density at radius 2 is 1.58 bits per heavy atom. The van der Waals surface area contributed by atoms with Gasteiger partial charge in [0.05, 0.1) is 0 Å². The Bertz CT molecular complexity index is 375. The van der Waals surface area contributed by atoms with Crippen molar-refractivity contribution in [3.8, 4) is 0 Å². The van der Waals surface area contributed by atoms with Crippen LogP contribution in [-0.2, 0) is 0 Å². The summed E-state index contributed by atoms with van der Waals surface area (Å²) in [6.45, 7) is 12.5. The Kier molecular flexibility index (Phi) is 6.43. The van der Waals surface area contributed by atoms with Crippen molar-refractivity contribution in [2.45, 2.75) is 13.8 Å². The van der Waals surface area contributed by atoms with E-state index in [1.165, 1.54) is 5.69 Å². The summed E-state index contributed by atoms with van der Waals surface area (Å²) in [6.07, 6.45) is 0. The van der Waals surface area contributed by atoms with E-state index in [-0.39, 0.29) is 0 Å². The second-order valence-corrected chi connectivity index (χ2v) is 4.57. The van der Waals surface area contributed by atoms with Crippen molar-refractivity contribution in [1.82, 2.24) is 10.2 Å². The van der Waals surface area contributed by atoms with E-state index in [1.54, 1.807) is 0 Å². The van der Waals surface area contributed by atoms with E-state index < -0.39 is 0 Å². The van der Waals surface area contributed by atoms with Gasteiger partial charge in [-0.15, -0.1) is 0 Å². The minimum Gasteiger partial charge on any atom is -0.388 e. The number of piperazine rings is 1. The molecule has 1 aliphatic heterocycles. The lowest BCUT2D eigenvalue weighted by Crippen LogP contribution is -2.44. The molecule has 1 aromatic carbocycles. The van der Waals surface area contributed by atoms with Crippen molar-refractivity contribution in [3.05, 3.63) is 36.4 Å². The van der Waals surface area contributed by atoms with Gasteiger partial charge in [0, 0.05) is 44.6 Å². The summed E-state index contributed by atoms with van der Waals surface area (Å²) in [5.74, 6) is 0. The van der Waals surface area contributed by atoms with Crippen molar-refractivity contribution < 1.29 is 0 Å². The minimum absolute atomic E-state index is 0.968. The standard InChI is InChI=1S/C14H21N3.C2H6/c1-12(15-2)13-4-6-14(7-5-13)17-10-8-16(3)9-11-17;1-2/h4-7,15H,1,8-11H2,2-3H3;1-2H3. The highest BCUT2D eigenvalue weighted by molar-refractivity contribution is 5.64. The third kappa shape index (κ3) is 4.28. The van der Waals surface area contributed by atoms with Crippen LogP contribution in [0.2, 0.25) is 0 Å². The maximum atomic E-state index is 3.96. The zero-order chi connectivity index (χ0) is 14.3. The Balaban J connectivity index is 0.000000861. The fraction of sp³-hybridized carbons (Fsp3) is 0.500. The van der Waals surface area contributed by atoms with Gasteiger partial charge in [-0.05, 0) is 24.7 Å². The van der Waals surface area contributed by atoms with Gasteiger partial charge in [-0.2, -0.15) is 0 Å². The van der Waals surface area contributed by atoms with Crippen LogP contribution < -0.4 is 10.2 Å². The highest BCUT2D eigenvalue weighted by atomic mass is 15.2. The maximum Gasteiger partial charge on any atom is 0.0367 e. The summed E-state index contributed by atoms with van der Waals surface area (Å²) < 4.78 is 0. The Labute approximate surface area is 117 Å². The third-order valence-corrected chi connectivity index (χ3v) is 3.39. The lowest BCUT2D eigenvalue weighted by atomic mass is 10.1. The van der Waals surface area contributed by atoms with Crippen LogP contribution >= 0.6 is 0 Å². The summed E-state index contributed by atoms with van der Waals surface area (Å²) in [7, 11) is 4.08. The van der Waals surface area contributed by atoms with Crippen LogP contribution in [0.3, 0.4) is 0 Å². The molecule has 1 aromatic rings. The first-order chi connectivity index (χ1) is 9.20. The average Bonchev–Trinajstić information content (AvgIpc) is 2.49. The molecule has 0 spiro atoms. The lowest BCUT2D eigenvalue weighted by Gasteiger charge is -2.34. The molecule has 0 bridgehead atoms. The SMILES string of the molecule is C=C(NC)c1ccc(N2CCN(C)CC2)cc1.CC. The smallest absolute Gasteiger partial charge is 0.0367 e. The molecular formula is C16H27N3. The van der Waals surface area contributed by atoms with E-state index in [2.05, 4.69) is 53.0 Å². The molecule has 3 nitrogen and oxygen atoms in total. The fourth-order valence-corrected chi connectivity index (χ4v) is 2.08. The normalized spacial score (nSPS) is 15.5. The molecule has 0 amide bonds. The van der Waals surface area contributed by atoms with Gasteiger partial charge in [0.25, 0.3) is 0 Å². The molecule has 1 aliphatic rings. The van der Waals surface area contributed by atoms with E-state index in [0.717, 1.165) is 37.4 Å². The number of nitrogens with zero attached hydrogens (tertiary/aromatic N) is 2. The molecule has 19 heavy (non-hydrogen) atoms. The second kappa shape index (κ2) is 7.85. The first-order valence-electron chi connectivity index (χ1n) is 7.11. The minimum atomic E-state index is 0.968. The van der Waals surface area contributed by atoms with E-state index >= 15 is 0 Å². The quantitative estimate of drug-likeness (QED) is 0.902. The van der Waals surface area contributed by atoms with Gasteiger partial charge in [0.15, 0.2) is 0 Å². The number of hydrogen-bond donors (Lipinski definition) is 1. The van der Waals surface area contributed by atoms with Crippen molar-refractivity contribution in [2.24, 2.45) is 0 Å². The summed E-state index contributed by atoms with van der Waals surface area (Å²) in [5.41, 5.74) is 3.44. The van der Waals surface area contributed by atoms with Gasteiger partial charge in [-0.3, -0.25) is 0 Å². The molecule has 106 valence electrons. The average molecular weight is 261 g/mol. The largest absolute Gasteiger partial charge is 0.388 e. The molecule has 3 heteroatoms. The van der Waals surface area contributed by atoms with Gasteiger partial charge in [0.1, 0.15) is 0 Å². The predicted octanol–water partition coefficient (Wildman–Crippen LogP) is 2.65. The number of benzene rings is 1. The molecule has 0 aliphatic carbocycles. The van der Waals surface area contributed by atoms with Crippen LogP contribution in [-0.4, -0.2) is 45.2 Å². The summed E-state index contributed by atoms with van der Waals surface area (Å²) in [4.78, 5) is 4.81. The topological polar surface area (TPSA) is 18.5 Å². The van der Waals surface area contributed by atoms with Gasteiger partial charge >= 0.3 is 0 Å². The second-order valence-electron chi connectivity index (χ2n) is 4.57. The Morgan fingerprint density at radius 1 is 1.05 bits per heavy atom. The Morgan fingerprint density at radius 3 is 2.05 bits per heavy atom. The molecule has 1 saturated heterocycles. The molecule has 0 unspecified atom stereocenters. The number of rotatable bonds is 3. The molecule has 0 saturated carbocycles. The monoisotopic (exact) mass is 261 g/mol. The lowest BCUT2D eigenvalue weighted by molar-refractivity contribution is 0.313. The molecule has 1 fully saturated rings. The molecule has 2 rings (SSSR count). The third-order valence-electron chi connectivity index (χ3n) is 3.39. The van der Waals surface area contributed by atoms with Gasteiger partial charge in [0.2, 0.25) is 0 Å². The predicted molar refractivity (Wildman–Crippen MR) is 85.6 cm³/mol. The van der Waals surface area contributed by atoms with Crippen molar-refractivity contribution in [1.29, 1.82) is 0 Å². The van der Waals surface area contributed by atoms with Crippen LogP contribution in [0.25, 0.3) is 5.70 Å². The number of hydrogen-bond acceptors (Lipinski definition) is 3. The van der Waals surface area contributed by atoms with Crippen molar-refractivity contribution in [3.63, 3.8) is 0 Å². The summed E-state index contributed by atoms with van der Waals surface area (Å²) in [6, 6.07) is 8.63. The van der Waals surface area contributed by atoms with Crippen molar-refractivity contribution in [2.75, 3.05) is 45.2 Å². The molecule has 0 radical (unpaired) electrons. The maximum absolute atomic E-state index is 3.96. The zero-order valence-corrected chi connectivity index (χ0v) is 12.7.